The van der Waals surface area contributed by atoms with Crippen LogP contribution in [0.5, 0.6) is 0 Å². The van der Waals surface area contributed by atoms with Crippen LogP contribution in [0.15, 0.2) is 30.3 Å². The lowest BCUT2D eigenvalue weighted by Crippen LogP contribution is -2.15. The molecule has 2 rings (SSSR count). The number of benzene rings is 2. The first kappa shape index (κ1) is 15.4. The first-order chi connectivity index (χ1) is 9.95. The van der Waals surface area contributed by atoms with E-state index in [9.17, 15) is 0 Å². The van der Waals surface area contributed by atoms with E-state index < -0.39 is 0 Å². The number of hydrogen-bond acceptors (Lipinski definition) is 2. The topological polar surface area (TPSA) is 24.1 Å². The smallest absolute Gasteiger partial charge is 0.0400 e. The summed E-state index contributed by atoms with van der Waals surface area (Å²) in [5, 5.41) is 7.03. The molecule has 0 aliphatic heterocycles. The van der Waals surface area contributed by atoms with Crippen molar-refractivity contribution in [3.63, 3.8) is 0 Å². The molecule has 0 atom stereocenters. The SMILES string of the molecule is Cc1cc(C)cc(NCCNc2c(C)cc(C)cc2C)c1. The highest BCUT2D eigenvalue weighted by Gasteiger charge is 2.02. The summed E-state index contributed by atoms with van der Waals surface area (Å²) in [7, 11) is 0. The second-order valence-corrected chi connectivity index (χ2v) is 6.00. The molecular formula is C19H26N2. The summed E-state index contributed by atoms with van der Waals surface area (Å²) in [5.74, 6) is 0. The monoisotopic (exact) mass is 282 g/mol. The summed E-state index contributed by atoms with van der Waals surface area (Å²) >= 11 is 0. The minimum atomic E-state index is 0.912. The number of nitrogens with one attached hydrogen (secondary N) is 2. The number of aryl methyl sites for hydroxylation is 5. The van der Waals surface area contributed by atoms with Crippen LogP contribution in [0, 0.1) is 34.6 Å². The highest BCUT2D eigenvalue weighted by atomic mass is 14.9. The molecule has 2 N–H and O–H groups in total. The molecule has 0 aliphatic carbocycles. The molecule has 0 heterocycles. The van der Waals surface area contributed by atoms with Crippen LogP contribution in [-0.2, 0) is 0 Å². The van der Waals surface area contributed by atoms with Crippen molar-refractivity contribution < 1.29 is 0 Å². The van der Waals surface area contributed by atoms with Gasteiger partial charge in [-0.15, -0.1) is 0 Å². The molecule has 0 saturated carbocycles. The molecule has 0 unspecified atom stereocenters. The minimum absolute atomic E-state index is 0.912. The Hall–Kier alpha value is -1.96. The summed E-state index contributed by atoms with van der Waals surface area (Å²) in [5.41, 5.74) is 9.03. The van der Waals surface area contributed by atoms with Gasteiger partial charge in [-0.1, -0.05) is 23.8 Å². The van der Waals surface area contributed by atoms with Gasteiger partial charge < -0.3 is 10.6 Å². The van der Waals surface area contributed by atoms with Crippen LogP contribution in [0.4, 0.5) is 11.4 Å². The second kappa shape index (κ2) is 6.66. The molecular weight excluding hydrogens is 256 g/mol. The third-order valence-electron chi connectivity index (χ3n) is 3.65. The van der Waals surface area contributed by atoms with E-state index in [0.29, 0.717) is 0 Å². The second-order valence-electron chi connectivity index (χ2n) is 6.00. The number of rotatable bonds is 5. The van der Waals surface area contributed by atoms with Gasteiger partial charge in [0.25, 0.3) is 0 Å². The first-order valence-electron chi connectivity index (χ1n) is 7.59. The molecule has 2 aromatic carbocycles. The van der Waals surface area contributed by atoms with Crippen molar-refractivity contribution in [1.82, 2.24) is 0 Å². The summed E-state index contributed by atoms with van der Waals surface area (Å²) in [6.45, 7) is 12.6. The number of hydrogen-bond donors (Lipinski definition) is 2. The fourth-order valence-corrected chi connectivity index (χ4v) is 2.93. The van der Waals surface area contributed by atoms with Gasteiger partial charge in [0.1, 0.15) is 0 Å². The van der Waals surface area contributed by atoms with Gasteiger partial charge in [0.05, 0.1) is 0 Å². The van der Waals surface area contributed by atoms with E-state index in [1.165, 1.54) is 39.2 Å². The van der Waals surface area contributed by atoms with Gasteiger partial charge in [-0.2, -0.15) is 0 Å². The minimum Gasteiger partial charge on any atom is -0.383 e. The van der Waals surface area contributed by atoms with Crippen molar-refractivity contribution in [3.8, 4) is 0 Å². The standard InChI is InChI=1S/C19H26N2/c1-13-8-14(2)12-18(11-13)20-6-7-21-19-16(4)9-15(3)10-17(19)5/h8-12,20-21H,6-7H2,1-5H3. The lowest BCUT2D eigenvalue weighted by Gasteiger charge is -2.15. The van der Waals surface area contributed by atoms with E-state index in [1.54, 1.807) is 0 Å². The maximum absolute atomic E-state index is 3.55. The van der Waals surface area contributed by atoms with Crippen LogP contribution in [0.25, 0.3) is 0 Å². The van der Waals surface area contributed by atoms with Gasteiger partial charge in [-0.3, -0.25) is 0 Å². The summed E-state index contributed by atoms with van der Waals surface area (Å²) < 4.78 is 0. The van der Waals surface area contributed by atoms with Crippen molar-refractivity contribution >= 4 is 11.4 Å². The van der Waals surface area contributed by atoms with Gasteiger partial charge in [-0.25, -0.2) is 0 Å². The Bertz CT molecular complexity index is 586. The summed E-state index contributed by atoms with van der Waals surface area (Å²) in [4.78, 5) is 0. The molecule has 0 saturated heterocycles. The zero-order chi connectivity index (χ0) is 15.4. The molecule has 0 spiro atoms. The number of anilines is 2. The van der Waals surface area contributed by atoms with Crippen LogP contribution in [0.3, 0.4) is 0 Å². The predicted octanol–water partition coefficient (Wildman–Crippen LogP) is 4.75. The van der Waals surface area contributed by atoms with E-state index in [0.717, 1.165) is 13.1 Å². The highest BCUT2D eigenvalue weighted by Crippen LogP contribution is 2.21. The molecule has 0 fully saturated rings. The Kier molecular flexibility index (Phi) is 4.89. The fraction of sp³-hybridized carbons (Fsp3) is 0.368. The van der Waals surface area contributed by atoms with Crippen molar-refractivity contribution in [1.29, 1.82) is 0 Å². The molecule has 0 aromatic heterocycles. The van der Waals surface area contributed by atoms with E-state index in [1.807, 2.05) is 0 Å². The van der Waals surface area contributed by atoms with Gasteiger partial charge >= 0.3 is 0 Å². The third kappa shape index (κ3) is 4.25. The van der Waals surface area contributed by atoms with Gasteiger partial charge in [0.15, 0.2) is 0 Å². The van der Waals surface area contributed by atoms with Gasteiger partial charge in [0.2, 0.25) is 0 Å². The quantitative estimate of drug-likeness (QED) is 0.773. The Labute approximate surface area is 128 Å². The fourth-order valence-electron chi connectivity index (χ4n) is 2.93. The molecule has 2 aromatic rings. The summed E-state index contributed by atoms with van der Waals surface area (Å²) in [6.07, 6.45) is 0. The van der Waals surface area contributed by atoms with Crippen molar-refractivity contribution in [2.75, 3.05) is 23.7 Å². The Morgan fingerprint density at radius 3 is 1.67 bits per heavy atom. The van der Waals surface area contributed by atoms with Gasteiger partial charge in [0, 0.05) is 24.5 Å². The maximum Gasteiger partial charge on any atom is 0.0400 e. The Balaban J connectivity index is 1.90. The van der Waals surface area contributed by atoms with Gasteiger partial charge in [-0.05, 0) is 69.0 Å². The van der Waals surface area contributed by atoms with Crippen LogP contribution < -0.4 is 10.6 Å². The largest absolute Gasteiger partial charge is 0.383 e. The lowest BCUT2D eigenvalue weighted by molar-refractivity contribution is 1.07. The third-order valence-corrected chi connectivity index (χ3v) is 3.65. The first-order valence-corrected chi connectivity index (χ1v) is 7.59. The van der Waals surface area contributed by atoms with Crippen molar-refractivity contribution in [3.05, 3.63) is 58.1 Å². The van der Waals surface area contributed by atoms with E-state index >= 15 is 0 Å². The van der Waals surface area contributed by atoms with Crippen molar-refractivity contribution in [2.24, 2.45) is 0 Å². The van der Waals surface area contributed by atoms with E-state index in [2.05, 4.69) is 75.6 Å². The van der Waals surface area contributed by atoms with E-state index in [4.69, 9.17) is 0 Å². The lowest BCUT2D eigenvalue weighted by atomic mass is 10.1. The van der Waals surface area contributed by atoms with Crippen molar-refractivity contribution in [2.45, 2.75) is 34.6 Å². The van der Waals surface area contributed by atoms with Crippen LogP contribution in [0.1, 0.15) is 27.8 Å². The molecule has 0 amide bonds. The molecule has 2 heteroatoms. The zero-order valence-corrected chi connectivity index (χ0v) is 13.8. The van der Waals surface area contributed by atoms with E-state index in [-0.39, 0.29) is 0 Å². The Morgan fingerprint density at radius 1 is 0.619 bits per heavy atom. The highest BCUT2D eigenvalue weighted by molar-refractivity contribution is 5.58. The maximum atomic E-state index is 3.55. The average molecular weight is 282 g/mol. The van der Waals surface area contributed by atoms with Crippen LogP contribution in [0.2, 0.25) is 0 Å². The summed E-state index contributed by atoms with van der Waals surface area (Å²) in [6, 6.07) is 11.0. The average Bonchev–Trinajstić information content (AvgIpc) is 2.35. The molecule has 0 aliphatic rings. The predicted molar refractivity (Wildman–Crippen MR) is 93.5 cm³/mol. The van der Waals surface area contributed by atoms with Crippen LogP contribution in [-0.4, -0.2) is 13.1 Å². The normalized spacial score (nSPS) is 10.5. The zero-order valence-electron chi connectivity index (χ0n) is 13.8. The molecule has 112 valence electrons. The Morgan fingerprint density at radius 2 is 1.10 bits per heavy atom. The van der Waals surface area contributed by atoms with Crippen LogP contribution >= 0.6 is 0 Å². The molecule has 21 heavy (non-hydrogen) atoms. The molecule has 0 radical (unpaired) electrons. The molecule has 2 nitrogen and oxygen atoms in total. The molecule has 0 bridgehead atoms.